The maximum Gasteiger partial charge on any atom is 0.254 e. The lowest BCUT2D eigenvalue weighted by Gasteiger charge is -2.28. The molecule has 0 unspecified atom stereocenters. The molecule has 1 saturated heterocycles. The molecule has 0 spiro atoms. The lowest BCUT2D eigenvalue weighted by Crippen LogP contribution is -2.37. The molecule has 7 nitrogen and oxygen atoms in total. The fraction of sp³-hybridized carbons (Fsp3) is 0.370. The first-order valence-corrected chi connectivity index (χ1v) is 11.7. The first kappa shape index (κ1) is 23.7. The highest BCUT2D eigenvalue weighted by Crippen LogP contribution is 2.27. The average Bonchev–Trinajstić information content (AvgIpc) is 3.31. The summed E-state index contributed by atoms with van der Waals surface area (Å²) < 4.78 is 5.87. The maximum atomic E-state index is 13.6. The summed E-state index contributed by atoms with van der Waals surface area (Å²) in [6, 6.07) is 15.3. The highest BCUT2D eigenvalue weighted by atomic mass is 16.5. The van der Waals surface area contributed by atoms with Crippen LogP contribution in [-0.4, -0.2) is 55.0 Å². The van der Waals surface area contributed by atoms with Gasteiger partial charge in [-0.1, -0.05) is 18.2 Å². The van der Waals surface area contributed by atoms with Crippen LogP contribution in [0.4, 0.5) is 11.5 Å². The van der Waals surface area contributed by atoms with Gasteiger partial charge in [-0.25, -0.2) is 4.98 Å². The molecular weight excluding hydrogens is 428 g/mol. The van der Waals surface area contributed by atoms with Crippen molar-refractivity contribution in [1.29, 1.82) is 0 Å². The number of hydrogen-bond donors (Lipinski definition) is 1. The number of anilines is 2. The molecule has 1 aromatic heterocycles. The molecule has 2 aromatic carbocycles. The van der Waals surface area contributed by atoms with E-state index in [9.17, 15) is 9.59 Å². The highest BCUT2D eigenvalue weighted by Gasteiger charge is 2.25. The van der Waals surface area contributed by atoms with Gasteiger partial charge in [0.15, 0.2) is 0 Å². The molecule has 7 heteroatoms. The minimum atomic E-state index is -0.144. The fourth-order valence-electron chi connectivity index (χ4n) is 4.43. The molecule has 0 bridgehead atoms. The van der Waals surface area contributed by atoms with Gasteiger partial charge in [0, 0.05) is 62.9 Å². The van der Waals surface area contributed by atoms with Crippen LogP contribution >= 0.6 is 0 Å². The number of fused-ring (bicyclic) bond motifs is 1. The first-order chi connectivity index (χ1) is 16.3. The lowest BCUT2D eigenvalue weighted by molar-refractivity contribution is -0.114. The third kappa shape index (κ3) is 5.37. The van der Waals surface area contributed by atoms with Gasteiger partial charge in [0.1, 0.15) is 5.82 Å². The van der Waals surface area contributed by atoms with E-state index < -0.39 is 0 Å². The Hall–Kier alpha value is -3.45. The van der Waals surface area contributed by atoms with Crippen molar-refractivity contribution < 1.29 is 14.3 Å². The molecular formula is C27H32N4O3. The number of rotatable bonds is 7. The number of nitrogens with zero attached hydrogens (tertiary/aromatic N) is 3. The number of ether oxygens (including phenoxy) is 1. The molecule has 0 radical (unpaired) electrons. The summed E-state index contributed by atoms with van der Waals surface area (Å²) in [7, 11) is 3.95. The van der Waals surface area contributed by atoms with Crippen LogP contribution in [0.2, 0.25) is 0 Å². The van der Waals surface area contributed by atoms with Crippen LogP contribution in [0.5, 0.6) is 0 Å². The topological polar surface area (TPSA) is 74.8 Å². The Morgan fingerprint density at radius 1 is 1.15 bits per heavy atom. The normalized spacial score (nSPS) is 15.4. The van der Waals surface area contributed by atoms with E-state index in [1.165, 1.54) is 6.92 Å². The van der Waals surface area contributed by atoms with Crippen LogP contribution in [0.3, 0.4) is 0 Å². The van der Waals surface area contributed by atoms with E-state index in [1.54, 1.807) is 24.3 Å². The second kappa shape index (κ2) is 10.2. The Kier molecular flexibility index (Phi) is 7.12. The quantitative estimate of drug-likeness (QED) is 0.566. The summed E-state index contributed by atoms with van der Waals surface area (Å²) in [5.74, 6) is 0.640. The van der Waals surface area contributed by atoms with E-state index in [0.29, 0.717) is 24.3 Å². The second-order valence-electron chi connectivity index (χ2n) is 9.09. The summed E-state index contributed by atoms with van der Waals surface area (Å²) >= 11 is 0. The van der Waals surface area contributed by atoms with Gasteiger partial charge in [-0.05, 0) is 55.7 Å². The number of aryl methyl sites for hydroxylation is 1. The molecule has 1 atom stereocenters. The molecule has 34 heavy (non-hydrogen) atoms. The third-order valence-corrected chi connectivity index (χ3v) is 6.08. The third-order valence-electron chi connectivity index (χ3n) is 6.08. The first-order valence-electron chi connectivity index (χ1n) is 11.7. The molecule has 2 heterocycles. The highest BCUT2D eigenvalue weighted by molar-refractivity contribution is 5.95. The van der Waals surface area contributed by atoms with Gasteiger partial charge >= 0.3 is 0 Å². The Balaban J connectivity index is 1.67. The van der Waals surface area contributed by atoms with Crippen molar-refractivity contribution in [2.24, 2.45) is 0 Å². The number of nitrogens with one attached hydrogen (secondary N) is 1. The molecule has 1 N–H and O–H groups in total. The minimum Gasteiger partial charge on any atom is -0.376 e. The van der Waals surface area contributed by atoms with Crippen LogP contribution in [0.25, 0.3) is 10.9 Å². The number of amides is 2. The average molecular weight is 461 g/mol. The zero-order valence-electron chi connectivity index (χ0n) is 20.3. The SMILES string of the molecule is CC(=O)Nc1ccc(C(=O)N(Cc2cc3cccc(C)c3nc2N(C)C)C[C@@H]2CCCO2)cc1. The zero-order chi connectivity index (χ0) is 24.2. The van der Waals surface area contributed by atoms with E-state index in [2.05, 4.69) is 30.4 Å². The van der Waals surface area contributed by atoms with E-state index in [-0.39, 0.29) is 17.9 Å². The van der Waals surface area contributed by atoms with Crippen LogP contribution in [0.1, 0.15) is 41.3 Å². The molecule has 0 aliphatic carbocycles. The Morgan fingerprint density at radius 2 is 1.91 bits per heavy atom. The number of para-hydroxylation sites is 1. The smallest absolute Gasteiger partial charge is 0.254 e. The van der Waals surface area contributed by atoms with Gasteiger partial charge in [0.25, 0.3) is 5.91 Å². The van der Waals surface area contributed by atoms with Gasteiger partial charge in [-0.3, -0.25) is 9.59 Å². The van der Waals surface area contributed by atoms with Crippen molar-refractivity contribution in [1.82, 2.24) is 9.88 Å². The maximum absolute atomic E-state index is 13.6. The van der Waals surface area contributed by atoms with Crippen LogP contribution in [0, 0.1) is 6.92 Å². The standard InChI is InChI=1S/C27H32N4O3/c1-18-7-5-8-21-15-22(26(30(3)4)29-25(18)21)16-31(17-24-9-6-14-34-24)27(33)20-10-12-23(13-11-20)28-19(2)32/h5,7-8,10-13,15,24H,6,9,14,16-17H2,1-4H3,(H,28,32)/t24-/m0/s1. The van der Waals surface area contributed by atoms with Gasteiger partial charge in [0.2, 0.25) is 5.91 Å². The van der Waals surface area contributed by atoms with Gasteiger partial charge in [-0.15, -0.1) is 0 Å². The molecule has 3 aromatic rings. The summed E-state index contributed by atoms with van der Waals surface area (Å²) in [5.41, 5.74) is 4.32. The Labute approximate surface area is 200 Å². The zero-order valence-corrected chi connectivity index (χ0v) is 20.3. The molecule has 0 saturated carbocycles. The summed E-state index contributed by atoms with van der Waals surface area (Å²) in [6.07, 6.45) is 1.99. The summed E-state index contributed by atoms with van der Waals surface area (Å²) in [5, 5.41) is 3.80. The molecule has 1 aliphatic heterocycles. The van der Waals surface area contributed by atoms with Crippen molar-refractivity contribution in [2.75, 3.05) is 37.5 Å². The number of aromatic nitrogens is 1. The predicted octanol–water partition coefficient (Wildman–Crippen LogP) is 4.39. The van der Waals surface area contributed by atoms with E-state index >= 15 is 0 Å². The van der Waals surface area contributed by atoms with E-state index in [1.807, 2.05) is 30.0 Å². The number of carbonyl (C=O) groups excluding carboxylic acids is 2. The van der Waals surface area contributed by atoms with Crippen molar-refractivity contribution in [3.63, 3.8) is 0 Å². The predicted molar refractivity (Wildman–Crippen MR) is 135 cm³/mol. The minimum absolute atomic E-state index is 0.0288. The summed E-state index contributed by atoms with van der Waals surface area (Å²) in [4.78, 5) is 33.7. The van der Waals surface area contributed by atoms with E-state index in [0.717, 1.165) is 47.3 Å². The van der Waals surface area contributed by atoms with Crippen LogP contribution < -0.4 is 10.2 Å². The molecule has 2 amide bonds. The van der Waals surface area contributed by atoms with Crippen molar-refractivity contribution in [2.45, 2.75) is 39.3 Å². The second-order valence-corrected chi connectivity index (χ2v) is 9.09. The van der Waals surface area contributed by atoms with E-state index in [4.69, 9.17) is 9.72 Å². The number of benzene rings is 2. The lowest BCUT2D eigenvalue weighted by atomic mass is 10.1. The van der Waals surface area contributed by atoms with Crippen LogP contribution in [-0.2, 0) is 16.1 Å². The molecule has 4 rings (SSSR count). The van der Waals surface area contributed by atoms with Crippen molar-refractivity contribution >= 4 is 34.2 Å². The van der Waals surface area contributed by atoms with Gasteiger partial charge in [0.05, 0.1) is 11.6 Å². The largest absolute Gasteiger partial charge is 0.376 e. The van der Waals surface area contributed by atoms with Gasteiger partial charge < -0.3 is 19.9 Å². The Morgan fingerprint density at radius 3 is 2.56 bits per heavy atom. The van der Waals surface area contributed by atoms with Crippen molar-refractivity contribution in [3.05, 3.63) is 65.2 Å². The number of hydrogen-bond acceptors (Lipinski definition) is 5. The molecule has 1 fully saturated rings. The molecule has 1 aliphatic rings. The summed E-state index contributed by atoms with van der Waals surface area (Å²) in [6.45, 7) is 5.20. The fourth-order valence-corrected chi connectivity index (χ4v) is 4.43. The molecule has 178 valence electrons. The van der Waals surface area contributed by atoms with Crippen LogP contribution in [0.15, 0.2) is 48.5 Å². The Bertz CT molecular complexity index is 1180. The number of carbonyl (C=O) groups is 2. The van der Waals surface area contributed by atoms with Crippen molar-refractivity contribution in [3.8, 4) is 0 Å². The number of pyridine rings is 1. The van der Waals surface area contributed by atoms with Gasteiger partial charge in [-0.2, -0.15) is 0 Å². The monoisotopic (exact) mass is 460 g/mol.